The van der Waals surface area contributed by atoms with Gasteiger partial charge in [0.1, 0.15) is 0 Å². The number of carbonyl (C=O) groups is 1. The number of hydrogen-bond acceptors (Lipinski definition) is 6. The summed E-state index contributed by atoms with van der Waals surface area (Å²) in [4.78, 5) is 17.7. The van der Waals surface area contributed by atoms with Gasteiger partial charge in [-0.2, -0.15) is 0 Å². The Balaban J connectivity index is 0.000000197. The summed E-state index contributed by atoms with van der Waals surface area (Å²) in [6.45, 7) is 9.73. The predicted octanol–water partition coefficient (Wildman–Crippen LogP) is 3.45. The molecule has 4 aromatic carbocycles. The van der Waals surface area contributed by atoms with E-state index in [1.165, 1.54) is 68.1 Å². The summed E-state index contributed by atoms with van der Waals surface area (Å²) in [6.07, 6.45) is 8.94. The molecule has 6 aliphatic rings. The van der Waals surface area contributed by atoms with Gasteiger partial charge in [-0.1, -0.05) is 86.6 Å². The molecular formula is C48H62AlLiN4O5S2. The standard InChI is InChI=1S/C24H28N2O3S.C24H30N2O2S.Al.Li.4H/c1-24(18-7-5-8-19(13-18)25-30(2,28)29)21-14-26(15-22(21)24)23(27)12-17-11-10-16-6-3-4-9-20(16)17;1-24(19-7-5-8-20(14-19)25-29(2,27)28)22-15-26(16-23(22)24)13-12-18-11-10-17-6-3-4-9-21(17)18;;;;;;/h3-9,13,17,21-22,25H,10-12,14-15H2,1-2H3;3-9,14,18,22-23,25H,10-13,15-16H2,1-2H3;;;;;;/q;;;+1;;;;-1. The number of benzene rings is 4. The molecule has 2 saturated heterocycles. The number of piperidine rings is 2. The van der Waals surface area contributed by atoms with Gasteiger partial charge in [-0.05, 0) is 132 Å². The summed E-state index contributed by atoms with van der Waals surface area (Å²) in [5, 5.41) is 0. The maximum Gasteiger partial charge on any atom is 1.00 e. The molecule has 2 heterocycles. The van der Waals surface area contributed by atoms with Gasteiger partial charge >= 0.3 is 18.9 Å². The zero-order valence-corrected chi connectivity index (χ0v) is 37.4. The number of amides is 1. The van der Waals surface area contributed by atoms with Crippen LogP contribution in [0, 0.1) is 23.7 Å². The average Bonchev–Trinajstić information content (AvgIpc) is 3.68. The molecule has 2 aliphatic heterocycles. The zero-order valence-electron chi connectivity index (χ0n) is 36.7. The fourth-order valence-corrected chi connectivity index (χ4v) is 12.9. The van der Waals surface area contributed by atoms with E-state index in [4.69, 9.17) is 0 Å². The fraction of sp³-hybridized carbons (Fsp3) is 0.479. The van der Waals surface area contributed by atoms with Gasteiger partial charge in [-0.15, -0.1) is 0 Å². The third kappa shape index (κ3) is 9.30. The molecule has 6 atom stereocenters. The number of nitrogens with zero attached hydrogens (tertiary/aromatic N) is 2. The van der Waals surface area contributed by atoms with Crippen molar-refractivity contribution in [2.45, 2.75) is 75.0 Å². The number of likely N-dealkylation sites (tertiary alicyclic amines) is 2. The Morgan fingerprint density at radius 3 is 1.59 bits per heavy atom. The molecule has 4 aliphatic carbocycles. The van der Waals surface area contributed by atoms with Crippen molar-refractivity contribution in [3.63, 3.8) is 0 Å². The molecule has 0 radical (unpaired) electrons. The first kappa shape index (κ1) is 45.9. The van der Waals surface area contributed by atoms with Crippen LogP contribution in [0.1, 0.15) is 86.2 Å². The molecule has 2 saturated carbocycles. The van der Waals surface area contributed by atoms with Gasteiger partial charge in [0.25, 0.3) is 0 Å². The summed E-state index contributed by atoms with van der Waals surface area (Å²) in [7, 11) is -6.53. The largest absolute Gasteiger partial charge is 1.00 e. The van der Waals surface area contributed by atoms with Crippen LogP contribution >= 0.6 is 0 Å². The molecule has 9 nitrogen and oxygen atoms in total. The Morgan fingerprint density at radius 1 is 0.656 bits per heavy atom. The smallest absolute Gasteiger partial charge is 1.00 e. The van der Waals surface area contributed by atoms with Crippen LogP contribution in [-0.4, -0.2) is 95.1 Å². The first-order valence-corrected chi connectivity index (χ1v) is 25.2. The number of carbonyl (C=O) groups excluding carboxylic acids is 1. The van der Waals surface area contributed by atoms with E-state index < -0.39 is 20.0 Å². The first-order chi connectivity index (χ1) is 28.1. The van der Waals surface area contributed by atoms with Gasteiger partial charge in [0.05, 0.1) is 12.5 Å². The maximum atomic E-state index is 13.0. The maximum absolute atomic E-state index is 13.0. The molecule has 320 valence electrons. The van der Waals surface area contributed by atoms with Crippen LogP contribution in [0.4, 0.5) is 11.4 Å². The van der Waals surface area contributed by atoms with Gasteiger partial charge in [-0.25, -0.2) is 16.8 Å². The number of nitrogens with one attached hydrogen (secondary N) is 2. The molecule has 6 unspecified atom stereocenters. The van der Waals surface area contributed by atoms with Crippen molar-refractivity contribution in [2.24, 2.45) is 23.7 Å². The minimum atomic E-state index is -3.29. The molecule has 4 fully saturated rings. The van der Waals surface area contributed by atoms with Crippen molar-refractivity contribution >= 4 is 54.7 Å². The third-order valence-electron chi connectivity index (χ3n) is 15.2. The Hall–Kier alpha value is -3.06. The van der Waals surface area contributed by atoms with Gasteiger partial charge in [0, 0.05) is 54.8 Å². The third-order valence-corrected chi connectivity index (χ3v) is 16.4. The second-order valence-corrected chi connectivity index (χ2v) is 22.3. The molecule has 4 aromatic rings. The Morgan fingerprint density at radius 2 is 1.10 bits per heavy atom. The first-order valence-electron chi connectivity index (χ1n) is 21.4. The molecule has 61 heavy (non-hydrogen) atoms. The van der Waals surface area contributed by atoms with E-state index >= 15 is 0 Å². The minimum Gasteiger partial charge on any atom is -1.00 e. The van der Waals surface area contributed by atoms with Crippen LogP contribution < -0.4 is 28.3 Å². The van der Waals surface area contributed by atoms with Crippen molar-refractivity contribution in [3.05, 3.63) is 130 Å². The van der Waals surface area contributed by atoms with E-state index in [9.17, 15) is 21.6 Å². The Kier molecular flexibility index (Phi) is 13.2. The van der Waals surface area contributed by atoms with E-state index in [1.54, 1.807) is 17.2 Å². The van der Waals surface area contributed by atoms with Crippen molar-refractivity contribution in [3.8, 4) is 0 Å². The summed E-state index contributed by atoms with van der Waals surface area (Å²) in [5.41, 5.74) is 9.80. The topological polar surface area (TPSA) is 116 Å². The molecular weight excluding hydrogens is 811 g/mol. The van der Waals surface area contributed by atoms with Crippen molar-refractivity contribution in [1.82, 2.24) is 9.80 Å². The molecule has 0 aromatic heterocycles. The molecule has 2 N–H and O–H groups in total. The summed E-state index contributed by atoms with van der Waals surface area (Å²) >= 11 is 0. The van der Waals surface area contributed by atoms with Crippen LogP contribution in [0.25, 0.3) is 0 Å². The molecule has 1 amide bonds. The van der Waals surface area contributed by atoms with E-state index in [0.29, 0.717) is 47.4 Å². The van der Waals surface area contributed by atoms with Crippen LogP contribution in [0.2, 0.25) is 0 Å². The fourth-order valence-electron chi connectivity index (χ4n) is 11.8. The molecule has 10 rings (SSSR count). The molecule has 0 bridgehead atoms. The van der Waals surface area contributed by atoms with Gasteiger partial charge in [0.2, 0.25) is 26.0 Å². The van der Waals surface area contributed by atoms with E-state index in [1.807, 2.05) is 30.3 Å². The van der Waals surface area contributed by atoms with E-state index in [-0.39, 0.29) is 54.4 Å². The van der Waals surface area contributed by atoms with Crippen LogP contribution in [-0.2, 0) is 48.5 Å². The number of anilines is 2. The quantitative estimate of drug-likeness (QED) is 0.224. The normalized spacial score (nSPS) is 29.1. The number of rotatable bonds is 11. The van der Waals surface area contributed by atoms with Crippen molar-refractivity contribution < 1.29 is 41.9 Å². The van der Waals surface area contributed by atoms with Crippen LogP contribution in [0.5, 0.6) is 0 Å². The minimum absolute atomic E-state index is 0. The van der Waals surface area contributed by atoms with E-state index in [2.05, 4.69) is 93.8 Å². The number of sulfonamides is 2. The Bertz CT molecular complexity index is 2490. The number of aryl methyl sites for hydroxylation is 2. The second-order valence-electron chi connectivity index (χ2n) is 18.8. The monoisotopic (exact) mass is 872 g/mol. The van der Waals surface area contributed by atoms with E-state index in [0.717, 1.165) is 37.4 Å². The summed E-state index contributed by atoms with van der Waals surface area (Å²) < 4.78 is 51.4. The van der Waals surface area contributed by atoms with Crippen LogP contribution in [0.15, 0.2) is 97.1 Å². The second kappa shape index (κ2) is 17.5. The van der Waals surface area contributed by atoms with Crippen molar-refractivity contribution in [1.29, 1.82) is 0 Å². The zero-order chi connectivity index (χ0) is 41.3. The predicted molar refractivity (Wildman–Crippen MR) is 247 cm³/mol. The number of hydrogen-bond donors (Lipinski definition) is 2. The number of fused-ring (bicyclic) bond motifs is 4. The Labute approximate surface area is 387 Å². The van der Waals surface area contributed by atoms with Gasteiger partial charge in [-0.3, -0.25) is 14.2 Å². The van der Waals surface area contributed by atoms with Crippen molar-refractivity contribution in [2.75, 3.05) is 54.7 Å². The summed E-state index contributed by atoms with van der Waals surface area (Å²) in [5.74, 6) is 3.64. The van der Waals surface area contributed by atoms with Gasteiger partial charge < -0.3 is 11.2 Å². The van der Waals surface area contributed by atoms with Gasteiger partial charge in [0.15, 0.2) is 17.4 Å². The SMILES string of the molecule is CC1(c2cccc(NS(C)(=O)=O)c2)C2CN(C(=O)CC3CCc4ccccc43)CC21.CC1(c2cccc(NS(C)(=O)=O)c2)C2CN(CCC3CCc4ccccc43)CC21.[AlH3].[H-].[Li+]. The molecule has 0 spiro atoms. The molecule has 13 heteroatoms. The average molecular weight is 873 g/mol. The summed E-state index contributed by atoms with van der Waals surface area (Å²) in [6, 6.07) is 33.2. The van der Waals surface area contributed by atoms with Crippen LogP contribution in [0.3, 0.4) is 0 Å².